The Labute approximate surface area is 104 Å². The van der Waals surface area contributed by atoms with E-state index < -0.39 is 0 Å². The summed E-state index contributed by atoms with van der Waals surface area (Å²) in [4.78, 5) is 2.47. The monoisotopic (exact) mass is 230 g/mol. The van der Waals surface area contributed by atoms with E-state index in [1.807, 2.05) is 0 Å². The van der Waals surface area contributed by atoms with Crippen LogP contribution in [0.1, 0.15) is 37.3 Å². The minimum absolute atomic E-state index is 0.314. The molecule has 0 amide bonds. The van der Waals surface area contributed by atoms with Crippen molar-refractivity contribution >= 4 is 5.69 Å². The molecule has 2 aliphatic rings. The van der Waals surface area contributed by atoms with Crippen LogP contribution in [0.4, 0.5) is 5.69 Å². The van der Waals surface area contributed by atoms with Crippen molar-refractivity contribution in [2.24, 2.45) is 5.73 Å². The van der Waals surface area contributed by atoms with Crippen molar-refractivity contribution in [2.75, 3.05) is 24.5 Å². The maximum atomic E-state index is 5.99. The van der Waals surface area contributed by atoms with Crippen LogP contribution in [0.3, 0.4) is 0 Å². The van der Waals surface area contributed by atoms with Crippen LogP contribution >= 0.6 is 0 Å². The lowest BCUT2D eigenvalue weighted by Crippen LogP contribution is -2.41. The first-order chi connectivity index (χ1) is 8.29. The molecule has 17 heavy (non-hydrogen) atoms. The first-order valence-corrected chi connectivity index (χ1v) is 6.87. The van der Waals surface area contributed by atoms with Crippen molar-refractivity contribution in [3.8, 4) is 0 Å². The van der Waals surface area contributed by atoms with E-state index >= 15 is 0 Å². The zero-order valence-electron chi connectivity index (χ0n) is 10.7. The topological polar surface area (TPSA) is 29.3 Å². The van der Waals surface area contributed by atoms with Gasteiger partial charge >= 0.3 is 0 Å². The zero-order valence-corrected chi connectivity index (χ0v) is 10.7. The van der Waals surface area contributed by atoms with Gasteiger partial charge < -0.3 is 10.6 Å². The molecule has 1 aliphatic carbocycles. The van der Waals surface area contributed by atoms with Gasteiger partial charge in [0.25, 0.3) is 0 Å². The standard InChI is InChI=1S/C15H22N2/c1-2-17-9-6-12-10-13(4-5-14(12)17)15(11-16)7-3-8-15/h4-5,10H,2-3,6-9,11,16H2,1H3. The number of hydrogen-bond acceptors (Lipinski definition) is 2. The predicted octanol–water partition coefficient (Wildman–Crippen LogP) is 2.45. The molecule has 0 saturated heterocycles. The van der Waals surface area contributed by atoms with Crippen molar-refractivity contribution in [3.05, 3.63) is 29.3 Å². The van der Waals surface area contributed by atoms with E-state index in [9.17, 15) is 0 Å². The molecule has 1 fully saturated rings. The van der Waals surface area contributed by atoms with Gasteiger partial charge in [-0.2, -0.15) is 0 Å². The number of nitrogens with two attached hydrogens (primary N) is 1. The van der Waals surface area contributed by atoms with Crippen molar-refractivity contribution in [2.45, 2.75) is 38.0 Å². The molecule has 2 N–H and O–H groups in total. The lowest BCUT2D eigenvalue weighted by molar-refractivity contribution is 0.253. The minimum Gasteiger partial charge on any atom is -0.371 e. The van der Waals surface area contributed by atoms with Crippen molar-refractivity contribution < 1.29 is 0 Å². The summed E-state index contributed by atoms with van der Waals surface area (Å²) in [6.45, 7) is 5.35. The summed E-state index contributed by atoms with van der Waals surface area (Å²) in [5.41, 5.74) is 10.8. The molecule has 1 aromatic rings. The number of rotatable bonds is 3. The van der Waals surface area contributed by atoms with Crippen LogP contribution in [0.25, 0.3) is 0 Å². The number of anilines is 1. The highest BCUT2D eigenvalue weighted by molar-refractivity contribution is 5.59. The fourth-order valence-corrected chi connectivity index (χ4v) is 3.34. The second-order valence-electron chi connectivity index (χ2n) is 5.51. The maximum Gasteiger partial charge on any atom is 0.0399 e. The summed E-state index contributed by atoms with van der Waals surface area (Å²) in [5.74, 6) is 0. The number of hydrogen-bond donors (Lipinski definition) is 1. The van der Waals surface area contributed by atoms with Crippen LogP contribution < -0.4 is 10.6 Å². The summed E-state index contributed by atoms with van der Waals surface area (Å²) in [6, 6.07) is 7.06. The second kappa shape index (κ2) is 4.02. The first kappa shape index (κ1) is 11.1. The first-order valence-electron chi connectivity index (χ1n) is 6.87. The molecule has 0 spiro atoms. The molecule has 3 rings (SSSR count). The molecule has 0 atom stereocenters. The molecular weight excluding hydrogens is 208 g/mol. The minimum atomic E-state index is 0.314. The van der Waals surface area contributed by atoms with E-state index in [-0.39, 0.29) is 0 Å². The van der Waals surface area contributed by atoms with Crippen LogP contribution in [0, 0.1) is 0 Å². The summed E-state index contributed by atoms with van der Waals surface area (Å²) in [7, 11) is 0. The smallest absolute Gasteiger partial charge is 0.0399 e. The molecule has 0 radical (unpaired) electrons. The Morgan fingerprint density at radius 3 is 2.76 bits per heavy atom. The van der Waals surface area contributed by atoms with E-state index in [0.717, 1.165) is 13.1 Å². The Kier molecular flexibility index (Phi) is 2.62. The highest BCUT2D eigenvalue weighted by Gasteiger charge is 2.37. The Hall–Kier alpha value is -1.02. The van der Waals surface area contributed by atoms with Crippen molar-refractivity contribution in [1.82, 2.24) is 0 Å². The van der Waals surface area contributed by atoms with Crippen molar-refractivity contribution in [1.29, 1.82) is 0 Å². The lowest BCUT2D eigenvalue weighted by Gasteiger charge is -2.41. The Balaban J connectivity index is 1.94. The summed E-state index contributed by atoms with van der Waals surface area (Å²) < 4.78 is 0. The molecule has 2 nitrogen and oxygen atoms in total. The van der Waals surface area contributed by atoms with Gasteiger partial charge in [0, 0.05) is 30.7 Å². The quantitative estimate of drug-likeness (QED) is 0.864. The molecule has 0 aromatic heterocycles. The van der Waals surface area contributed by atoms with Crippen LogP contribution in [0.15, 0.2) is 18.2 Å². The van der Waals surface area contributed by atoms with Gasteiger partial charge in [-0.25, -0.2) is 0 Å². The van der Waals surface area contributed by atoms with Crippen LogP contribution in [0.5, 0.6) is 0 Å². The largest absolute Gasteiger partial charge is 0.371 e. The average molecular weight is 230 g/mol. The van der Waals surface area contributed by atoms with Gasteiger partial charge in [-0.3, -0.25) is 0 Å². The highest BCUT2D eigenvalue weighted by atomic mass is 15.1. The number of fused-ring (bicyclic) bond motifs is 1. The van der Waals surface area contributed by atoms with Gasteiger partial charge in [0.1, 0.15) is 0 Å². The predicted molar refractivity (Wildman–Crippen MR) is 72.6 cm³/mol. The van der Waals surface area contributed by atoms with E-state index in [0.29, 0.717) is 5.41 Å². The van der Waals surface area contributed by atoms with Crippen molar-refractivity contribution in [3.63, 3.8) is 0 Å². The van der Waals surface area contributed by atoms with E-state index in [1.165, 1.54) is 49.0 Å². The highest BCUT2D eigenvalue weighted by Crippen LogP contribution is 2.44. The summed E-state index contributed by atoms with van der Waals surface area (Å²) >= 11 is 0. The van der Waals surface area contributed by atoms with Gasteiger partial charge in [-0.1, -0.05) is 18.6 Å². The molecule has 1 heterocycles. The van der Waals surface area contributed by atoms with E-state index in [4.69, 9.17) is 5.73 Å². The zero-order chi connectivity index (χ0) is 11.9. The van der Waals surface area contributed by atoms with Gasteiger partial charge in [-0.05, 0) is 43.4 Å². The van der Waals surface area contributed by atoms with Crippen LogP contribution in [-0.2, 0) is 11.8 Å². The van der Waals surface area contributed by atoms with Crippen LogP contribution in [-0.4, -0.2) is 19.6 Å². The summed E-state index contributed by atoms with van der Waals surface area (Å²) in [5, 5.41) is 0. The fourth-order valence-electron chi connectivity index (χ4n) is 3.34. The normalized spacial score (nSPS) is 21.2. The van der Waals surface area contributed by atoms with Gasteiger partial charge in [0.2, 0.25) is 0 Å². The Morgan fingerprint density at radius 1 is 1.35 bits per heavy atom. The molecule has 1 aromatic carbocycles. The van der Waals surface area contributed by atoms with Gasteiger partial charge in [-0.15, -0.1) is 0 Å². The second-order valence-corrected chi connectivity index (χ2v) is 5.51. The maximum absolute atomic E-state index is 5.99. The molecule has 1 aliphatic heterocycles. The van der Waals surface area contributed by atoms with E-state index in [1.54, 1.807) is 0 Å². The Bertz CT molecular complexity index is 415. The molecular formula is C15H22N2. The van der Waals surface area contributed by atoms with Gasteiger partial charge in [0.05, 0.1) is 0 Å². The van der Waals surface area contributed by atoms with Crippen LogP contribution in [0.2, 0.25) is 0 Å². The van der Waals surface area contributed by atoms with E-state index in [2.05, 4.69) is 30.0 Å². The Morgan fingerprint density at radius 2 is 2.18 bits per heavy atom. The molecule has 92 valence electrons. The number of benzene rings is 1. The third kappa shape index (κ3) is 1.58. The molecule has 0 unspecified atom stereocenters. The third-order valence-corrected chi connectivity index (χ3v) is 4.77. The lowest BCUT2D eigenvalue weighted by atomic mass is 9.64. The molecule has 2 heteroatoms. The third-order valence-electron chi connectivity index (χ3n) is 4.77. The SMILES string of the molecule is CCN1CCc2cc(C3(CN)CCC3)ccc21. The fraction of sp³-hybridized carbons (Fsp3) is 0.600. The molecule has 0 bridgehead atoms. The van der Waals surface area contributed by atoms with Gasteiger partial charge in [0.15, 0.2) is 0 Å². The molecule has 1 saturated carbocycles. The number of nitrogens with zero attached hydrogens (tertiary/aromatic N) is 1. The average Bonchev–Trinajstić information content (AvgIpc) is 2.70. The number of likely N-dealkylation sites (N-methyl/N-ethyl adjacent to an activating group) is 1. The summed E-state index contributed by atoms with van der Waals surface area (Å²) in [6.07, 6.45) is 5.10.